The van der Waals surface area contributed by atoms with E-state index in [1.165, 1.54) is 66.1 Å². The van der Waals surface area contributed by atoms with Crippen LogP contribution in [0.1, 0.15) is 91.5 Å². The van der Waals surface area contributed by atoms with Crippen LogP contribution in [0, 0.1) is 0 Å². The number of rotatable bonds is 8. The number of methoxy groups -OCH3 is 2. The van der Waals surface area contributed by atoms with Crippen LogP contribution in [-0.2, 0) is 54.0 Å². The normalized spacial score (nSPS) is 11.9. The maximum atomic E-state index is 5.60. The number of ether oxygens (including phenoxy) is 2. The van der Waals surface area contributed by atoms with Crippen LogP contribution in [0.5, 0.6) is 0 Å². The Hall–Kier alpha value is -2.30. The molecule has 0 saturated carbocycles. The second-order valence-electron chi connectivity index (χ2n) is 17.9. The van der Waals surface area contributed by atoms with Gasteiger partial charge in [0, 0.05) is 23.7 Å². The first kappa shape index (κ1) is 48.1. The molecule has 0 aliphatic heterocycles. The molecule has 2 radical (unpaired) electrons. The van der Waals surface area contributed by atoms with Crippen molar-refractivity contribution in [3.8, 4) is 22.3 Å². The van der Waals surface area contributed by atoms with Gasteiger partial charge in [-0.25, -0.2) is 0 Å². The average molecular weight is 887 g/mol. The number of hydrogen-bond donors (Lipinski definition) is 0. The Labute approximate surface area is 360 Å². The molecule has 56 heavy (non-hydrogen) atoms. The molecule has 0 aliphatic rings. The van der Waals surface area contributed by atoms with Gasteiger partial charge in [0.05, 0.1) is 11.2 Å². The minimum atomic E-state index is -0.826. The Kier molecular flexibility index (Phi) is 18.1. The molecule has 6 aromatic rings. The van der Waals surface area contributed by atoms with Gasteiger partial charge in [0.2, 0.25) is 0 Å². The summed E-state index contributed by atoms with van der Waals surface area (Å²) in [5.41, 5.74) is 10.7. The first-order chi connectivity index (χ1) is 26.2. The van der Waals surface area contributed by atoms with Gasteiger partial charge in [-0.15, -0.1) is 69.1 Å². The Morgan fingerprint density at radius 1 is 0.536 bits per heavy atom. The van der Waals surface area contributed by atoms with E-state index < -0.39 is 20.8 Å². The van der Waals surface area contributed by atoms with Crippen molar-refractivity contribution in [3.63, 3.8) is 0 Å². The van der Waals surface area contributed by atoms with E-state index in [1.807, 2.05) is 0 Å². The van der Waals surface area contributed by atoms with Crippen molar-refractivity contribution in [2.24, 2.45) is 0 Å². The number of hydrogen-bond acceptors (Lipinski definition) is 2. The van der Waals surface area contributed by atoms with E-state index in [-0.39, 0.29) is 22.0 Å². The molecule has 298 valence electrons. The summed E-state index contributed by atoms with van der Waals surface area (Å²) in [6.07, 6.45) is 1.83. The number of benzene rings is 4. The first-order valence-electron chi connectivity index (χ1n) is 19.5. The van der Waals surface area contributed by atoms with Crippen molar-refractivity contribution in [2.75, 3.05) is 14.2 Å². The molecule has 0 spiro atoms. The molecule has 6 aromatic carbocycles. The summed E-state index contributed by atoms with van der Waals surface area (Å²) in [7, 11) is 14.5. The summed E-state index contributed by atoms with van der Waals surface area (Å²) < 4.78 is 11.2. The van der Waals surface area contributed by atoms with Crippen LogP contribution < -0.4 is 0 Å². The van der Waals surface area contributed by atoms with Gasteiger partial charge in [0.25, 0.3) is 0 Å². The predicted molar refractivity (Wildman–Crippen MR) is 246 cm³/mol. The van der Waals surface area contributed by atoms with E-state index in [0.717, 1.165) is 22.4 Å². The van der Waals surface area contributed by atoms with Gasteiger partial charge >= 0.3 is 37.9 Å². The summed E-state index contributed by atoms with van der Waals surface area (Å²) in [4.78, 5) is 0. The summed E-state index contributed by atoms with van der Waals surface area (Å²) in [5.74, 6) is 0. The molecule has 6 heteroatoms. The second-order valence-corrected chi connectivity index (χ2v) is 22.6. The van der Waals surface area contributed by atoms with Crippen molar-refractivity contribution in [3.05, 3.63) is 131 Å². The minimum absolute atomic E-state index is 0.140. The third-order valence-electron chi connectivity index (χ3n) is 10.1. The van der Waals surface area contributed by atoms with Crippen LogP contribution in [0.3, 0.4) is 0 Å². The summed E-state index contributed by atoms with van der Waals surface area (Å²) in [6.45, 7) is 26.4. The fraction of sp³-hybridized carbons (Fsp3) is 0.400. The number of halogens is 2. The average Bonchev–Trinajstić information content (AvgIpc) is 3.74. The molecule has 0 aliphatic carbocycles. The van der Waals surface area contributed by atoms with E-state index in [2.05, 4.69) is 192 Å². The zero-order valence-corrected chi connectivity index (χ0v) is 41.3. The van der Waals surface area contributed by atoms with Gasteiger partial charge < -0.3 is 9.47 Å². The molecule has 0 amide bonds. The van der Waals surface area contributed by atoms with Gasteiger partial charge in [-0.1, -0.05) is 126 Å². The van der Waals surface area contributed by atoms with Crippen molar-refractivity contribution in [1.82, 2.24) is 0 Å². The molecule has 0 bridgehead atoms. The Morgan fingerprint density at radius 2 is 0.839 bits per heavy atom. The second kappa shape index (κ2) is 21.1. The van der Waals surface area contributed by atoms with Gasteiger partial charge in [0.1, 0.15) is 0 Å². The maximum absolute atomic E-state index is 5.60. The van der Waals surface area contributed by atoms with E-state index in [0.29, 0.717) is 0 Å². The van der Waals surface area contributed by atoms with Crippen LogP contribution in [-0.4, -0.2) is 34.9 Å². The third kappa shape index (κ3) is 13.9. The van der Waals surface area contributed by atoms with E-state index in [9.17, 15) is 0 Å². The summed E-state index contributed by atoms with van der Waals surface area (Å²) in [5, 5.41) is 5.26. The van der Waals surface area contributed by atoms with E-state index in [4.69, 9.17) is 26.5 Å². The summed E-state index contributed by atoms with van der Waals surface area (Å²) in [6, 6.07) is 40.4. The molecule has 0 heterocycles. The third-order valence-corrected chi connectivity index (χ3v) is 10.1. The van der Waals surface area contributed by atoms with E-state index in [1.54, 1.807) is 14.2 Å². The van der Waals surface area contributed by atoms with Crippen molar-refractivity contribution in [2.45, 2.75) is 117 Å². The molecular weight excluding hydrogens is 823 g/mol. The van der Waals surface area contributed by atoms with Gasteiger partial charge in [0.15, 0.2) is 0 Å². The molecule has 0 aromatic heterocycles. The van der Waals surface area contributed by atoms with Crippen LogP contribution in [0.25, 0.3) is 43.8 Å². The van der Waals surface area contributed by atoms with Crippen LogP contribution in [0.2, 0.25) is 13.1 Å². The molecule has 0 N–H and O–H groups in total. The standard InChI is InChI=1S/2C24H29O.C2H6Si.2ClH.Zr/c2*1-23(2,3)20-12-10-18(11-13-20)21-9-7-8-19-14-17(15-22(19)21)16-24(4,5)25-6;1-3-2;;;/h2*7-15H,16H2,1-6H3;1-2H3;2*1H;/q2*-1;;;;+4/p-2. The van der Waals surface area contributed by atoms with Crippen LogP contribution >= 0.6 is 17.0 Å². The van der Waals surface area contributed by atoms with Crippen molar-refractivity contribution >= 4 is 48.1 Å². The molecular formula is C50H64Cl2O2SiZr. The zero-order chi connectivity index (χ0) is 41.9. The number of fused-ring (bicyclic) bond motifs is 2. The zero-order valence-electron chi connectivity index (χ0n) is 36.4. The SMILES string of the molecule is COC(C)(C)Cc1cc2c(-c3ccc(C(C)(C)C)cc3)cccc2[cH-]1.COC(C)(C)Cc1cc2c(-c3ccc(C(C)(C)C)cc3)cccc2[cH-]1.C[Si]C.[Cl][Zr+2][Cl]. The predicted octanol–water partition coefficient (Wildman–Crippen LogP) is 15.1. The molecule has 0 saturated heterocycles. The topological polar surface area (TPSA) is 18.5 Å². The first-order valence-corrected chi connectivity index (χ1v) is 27.8. The summed E-state index contributed by atoms with van der Waals surface area (Å²) >= 11 is -0.826. The van der Waals surface area contributed by atoms with Crippen LogP contribution in [0.15, 0.2) is 109 Å². The quantitative estimate of drug-likeness (QED) is 0.112. The molecule has 0 atom stereocenters. The van der Waals surface area contributed by atoms with E-state index >= 15 is 0 Å². The van der Waals surface area contributed by atoms with Crippen molar-refractivity contribution < 1.29 is 30.3 Å². The molecule has 2 nitrogen and oxygen atoms in total. The molecule has 0 fully saturated rings. The van der Waals surface area contributed by atoms with Gasteiger partial charge in [-0.05, 0) is 73.6 Å². The Balaban J connectivity index is 0.000000264. The fourth-order valence-corrected chi connectivity index (χ4v) is 6.73. The fourth-order valence-electron chi connectivity index (χ4n) is 6.73. The van der Waals surface area contributed by atoms with Crippen molar-refractivity contribution in [1.29, 1.82) is 0 Å². The van der Waals surface area contributed by atoms with Crippen LogP contribution in [0.4, 0.5) is 0 Å². The van der Waals surface area contributed by atoms with Gasteiger partial charge in [-0.2, -0.15) is 12.1 Å². The van der Waals surface area contributed by atoms with Gasteiger partial charge in [-0.3, -0.25) is 0 Å². The monoisotopic (exact) mass is 884 g/mol. The molecule has 0 unspecified atom stereocenters. The molecule has 6 rings (SSSR count). The Morgan fingerprint density at radius 3 is 1.11 bits per heavy atom. The Bertz CT molecular complexity index is 1920.